The largest absolute Gasteiger partial charge is 0.286 e. The molecule has 1 aromatic rings. The second-order valence-electron chi connectivity index (χ2n) is 3.95. The molecule has 1 aromatic carbocycles. The number of ketones is 2. The molecule has 0 saturated carbocycles. The van der Waals surface area contributed by atoms with Gasteiger partial charge in [-0.2, -0.15) is 0 Å². The summed E-state index contributed by atoms with van der Waals surface area (Å²) in [5.41, 5.74) is 4.31. The summed E-state index contributed by atoms with van der Waals surface area (Å²) in [5.74, 6) is -0.787. The molecule has 0 spiro atoms. The van der Waals surface area contributed by atoms with E-state index in [0.717, 1.165) is 22.3 Å². The molecule has 0 N–H and O–H groups in total. The Morgan fingerprint density at radius 2 is 1.67 bits per heavy atom. The van der Waals surface area contributed by atoms with Gasteiger partial charge in [-0.3, -0.25) is 9.59 Å². The van der Waals surface area contributed by atoms with Gasteiger partial charge in [-0.25, -0.2) is 0 Å². The van der Waals surface area contributed by atoms with Crippen LogP contribution in [-0.2, 0) is 4.79 Å². The van der Waals surface area contributed by atoms with E-state index in [-0.39, 0.29) is 5.78 Å². The first-order chi connectivity index (χ1) is 7.02. The Labute approximate surface area is 88.6 Å². The van der Waals surface area contributed by atoms with Crippen LogP contribution in [0, 0.1) is 13.8 Å². The molecule has 2 heteroatoms. The molecule has 0 aliphatic heterocycles. The first kappa shape index (κ1) is 9.84. The summed E-state index contributed by atoms with van der Waals surface area (Å²) < 4.78 is 0. The summed E-state index contributed by atoms with van der Waals surface area (Å²) >= 11 is 0. The number of rotatable bonds is 0. The molecular formula is C13H12O2. The molecule has 1 aliphatic rings. The molecule has 0 amide bonds. The normalized spacial score (nSPS) is 15.0. The van der Waals surface area contributed by atoms with E-state index in [1.165, 1.54) is 6.08 Å². The highest BCUT2D eigenvalue weighted by molar-refractivity contribution is 6.50. The third-order valence-corrected chi connectivity index (χ3v) is 2.96. The molecule has 2 rings (SSSR count). The fraction of sp³-hybridized carbons (Fsp3) is 0.231. The zero-order valence-electron chi connectivity index (χ0n) is 9.05. The lowest BCUT2D eigenvalue weighted by atomic mass is 9.85. The molecule has 0 heterocycles. The molecule has 0 atom stereocenters. The van der Waals surface area contributed by atoms with E-state index in [4.69, 9.17) is 0 Å². The average molecular weight is 200 g/mol. The molecule has 0 aromatic heterocycles. The van der Waals surface area contributed by atoms with Crippen molar-refractivity contribution in [1.29, 1.82) is 0 Å². The summed E-state index contributed by atoms with van der Waals surface area (Å²) in [6.07, 6.45) is 1.42. The molecule has 2 nitrogen and oxygen atoms in total. The minimum atomic E-state index is -0.409. The second kappa shape index (κ2) is 3.16. The number of allylic oxidation sites excluding steroid dienone is 2. The Bertz CT molecular complexity index is 508. The molecule has 1 aliphatic carbocycles. The quantitative estimate of drug-likeness (QED) is 0.603. The first-order valence-corrected chi connectivity index (χ1v) is 4.90. The van der Waals surface area contributed by atoms with Gasteiger partial charge in [-0.15, -0.1) is 0 Å². The van der Waals surface area contributed by atoms with Gasteiger partial charge in [0.1, 0.15) is 0 Å². The molecule has 76 valence electrons. The van der Waals surface area contributed by atoms with Gasteiger partial charge in [0.05, 0.1) is 0 Å². The predicted molar refractivity (Wildman–Crippen MR) is 58.9 cm³/mol. The van der Waals surface area contributed by atoms with Crippen LogP contribution in [0.4, 0.5) is 0 Å². The number of Topliss-reactive ketones (excluding diaryl/α,β-unsaturated/α-hetero) is 1. The zero-order chi connectivity index (χ0) is 11.2. The molecule has 0 unspecified atom stereocenters. The highest BCUT2D eigenvalue weighted by Crippen LogP contribution is 2.28. The lowest BCUT2D eigenvalue weighted by Crippen LogP contribution is -2.19. The topological polar surface area (TPSA) is 34.1 Å². The maximum atomic E-state index is 11.7. The number of hydrogen-bond donors (Lipinski definition) is 0. The van der Waals surface area contributed by atoms with Crippen LogP contribution in [0.2, 0.25) is 0 Å². The Hall–Kier alpha value is -1.70. The number of benzene rings is 1. The number of carbonyl (C=O) groups is 2. The van der Waals surface area contributed by atoms with Gasteiger partial charge < -0.3 is 0 Å². The lowest BCUT2D eigenvalue weighted by molar-refractivity contribution is -0.111. The van der Waals surface area contributed by atoms with Crippen molar-refractivity contribution in [2.45, 2.75) is 20.8 Å². The Kier molecular flexibility index (Phi) is 2.07. The highest BCUT2D eigenvalue weighted by Gasteiger charge is 2.25. The third kappa shape index (κ3) is 1.33. The minimum absolute atomic E-state index is 0.378. The number of hydrogen-bond acceptors (Lipinski definition) is 2. The van der Waals surface area contributed by atoms with E-state index >= 15 is 0 Å². The molecular weight excluding hydrogens is 188 g/mol. The van der Waals surface area contributed by atoms with Gasteiger partial charge in [0.15, 0.2) is 0 Å². The summed E-state index contributed by atoms with van der Waals surface area (Å²) in [5, 5.41) is 0. The van der Waals surface area contributed by atoms with E-state index in [2.05, 4.69) is 0 Å². The van der Waals surface area contributed by atoms with Crippen LogP contribution < -0.4 is 0 Å². The van der Waals surface area contributed by atoms with E-state index in [1.54, 1.807) is 0 Å². The number of carbonyl (C=O) groups excluding carboxylic acids is 2. The SMILES string of the molecule is CC1=CC(=O)C(=O)c2c1ccc(C)c2C. The van der Waals surface area contributed by atoms with E-state index in [1.807, 2.05) is 32.9 Å². The van der Waals surface area contributed by atoms with Crippen LogP contribution in [0.3, 0.4) is 0 Å². The van der Waals surface area contributed by atoms with Gasteiger partial charge in [-0.1, -0.05) is 12.1 Å². The molecule has 0 fully saturated rings. The molecule has 0 radical (unpaired) electrons. The van der Waals surface area contributed by atoms with Crippen molar-refractivity contribution >= 4 is 17.1 Å². The molecule has 0 saturated heterocycles. The van der Waals surface area contributed by atoms with Crippen LogP contribution in [-0.4, -0.2) is 11.6 Å². The standard InChI is InChI=1S/C13H12O2/c1-7-4-5-10-8(2)6-11(14)13(15)12(10)9(7)3/h4-6H,1-3H3. The smallest absolute Gasteiger partial charge is 0.233 e. The average Bonchev–Trinajstić information content (AvgIpc) is 2.19. The van der Waals surface area contributed by atoms with Crippen molar-refractivity contribution in [3.63, 3.8) is 0 Å². The monoisotopic (exact) mass is 200 g/mol. The Morgan fingerprint density at radius 3 is 2.33 bits per heavy atom. The van der Waals surface area contributed by atoms with Gasteiger partial charge in [0, 0.05) is 5.56 Å². The van der Waals surface area contributed by atoms with E-state index in [0.29, 0.717) is 5.56 Å². The summed E-state index contributed by atoms with van der Waals surface area (Å²) in [6.45, 7) is 5.69. The van der Waals surface area contributed by atoms with Gasteiger partial charge in [-0.05, 0) is 49.1 Å². The number of fused-ring (bicyclic) bond motifs is 1. The Balaban J connectivity index is 2.81. The van der Waals surface area contributed by atoms with Gasteiger partial charge >= 0.3 is 0 Å². The molecule has 0 bridgehead atoms. The Morgan fingerprint density at radius 1 is 1.00 bits per heavy atom. The van der Waals surface area contributed by atoms with E-state index in [9.17, 15) is 9.59 Å². The predicted octanol–water partition coefficient (Wildman–Crippen LogP) is 2.47. The number of aryl methyl sites for hydroxylation is 1. The first-order valence-electron chi connectivity index (χ1n) is 4.90. The molecule has 15 heavy (non-hydrogen) atoms. The van der Waals surface area contributed by atoms with Crippen LogP contribution in [0.5, 0.6) is 0 Å². The fourth-order valence-corrected chi connectivity index (χ4v) is 1.90. The van der Waals surface area contributed by atoms with Gasteiger partial charge in [0.25, 0.3) is 0 Å². The van der Waals surface area contributed by atoms with Crippen molar-refractivity contribution in [3.8, 4) is 0 Å². The second-order valence-corrected chi connectivity index (χ2v) is 3.95. The van der Waals surface area contributed by atoms with Crippen LogP contribution >= 0.6 is 0 Å². The summed E-state index contributed by atoms with van der Waals surface area (Å²) in [7, 11) is 0. The maximum Gasteiger partial charge on any atom is 0.233 e. The summed E-state index contributed by atoms with van der Waals surface area (Å²) in [4.78, 5) is 23.1. The zero-order valence-corrected chi connectivity index (χ0v) is 9.05. The van der Waals surface area contributed by atoms with Crippen molar-refractivity contribution in [2.24, 2.45) is 0 Å². The van der Waals surface area contributed by atoms with Crippen molar-refractivity contribution < 1.29 is 9.59 Å². The van der Waals surface area contributed by atoms with Crippen molar-refractivity contribution in [1.82, 2.24) is 0 Å². The fourth-order valence-electron chi connectivity index (χ4n) is 1.90. The highest BCUT2D eigenvalue weighted by atomic mass is 16.2. The van der Waals surface area contributed by atoms with Crippen molar-refractivity contribution in [3.05, 3.63) is 40.5 Å². The van der Waals surface area contributed by atoms with E-state index < -0.39 is 5.78 Å². The minimum Gasteiger partial charge on any atom is -0.286 e. The van der Waals surface area contributed by atoms with Crippen LogP contribution in [0.25, 0.3) is 5.57 Å². The van der Waals surface area contributed by atoms with Crippen LogP contribution in [0.15, 0.2) is 18.2 Å². The van der Waals surface area contributed by atoms with Crippen molar-refractivity contribution in [2.75, 3.05) is 0 Å². The third-order valence-electron chi connectivity index (χ3n) is 2.96. The maximum absolute atomic E-state index is 11.7. The van der Waals surface area contributed by atoms with Gasteiger partial charge in [0.2, 0.25) is 11.6 Å². The lowest BCUT2D eigenvalue weighted by Gasteiger charge is -2.16. The summed E-state index contributed by atoms with van der Waals surface area (Å²) in [6, 6.07) is 3.89. The van der Waals surface area contributed by atoms with Crippen LogP contribution in [0.1, 0.15) is 34.0 Å².